The number of hydrogen-bond acceptors (Lipinski definition) is 5. The number of ketones is 3. The zero-order valence-electron chi connectivity index (χ0n) is 20.9. The molecule has 0 saturated carbocycles. The predicted octanol–water partition coefficient (Wildman–Crippen LogP) is 5.68. The number of benzene rings is 4. The van der Waals surface area contributed by atoms with Crippen LogP contribution in [0.1, 0.15) is 42.2 Å². The number of nitrogens with zero attached hydrogens (tertiary/aromatic N) is 1. The first-order valence-corrected chi connectivity index (χ1v) is 13.7. The Hall–Kier alpha value is -4.75. The molecular formula is C32H23NO5S. The number of rotatable bonds is 7. The van der Waals surface area contributed by atoms with Crippen LogP contribution in [-0.4, -0.2) is 31.5 Å². The Morgan fingerprint density at radius 1 is 0.667 bits per heavy atom. The first kappa shape index (κ1) is 25.9. The first-order chi connectivity index (χ1) is 18.8. The average Bonchev–Trinajstić information content (AvgIpc) is 2.96. The topological polar surface area (TPSA) is 97.7 Å². The summed E-state index contributed by atoms with van der Waals surface area (Å²) in [5.41, 5.74) is 1.72. The van der Waals surface area contributed by atoms with Gasteiger partial charge in [-0.05, 0) is 25.1 Å². The molecule has 0 aromatic heterocycles. The summed E-state index contributed by atoms with van der Waals surface area (Å²) in [6.07, 6.45) is 1.27. The van der Waals surface area contributed by atoms with E-state index in [0.29, 0.717) is 5.56 Å². The lowest BCUT2D eigenvalue weighted by Crippen LogP contribution is -2.33. The molecule has 7 heteroatoms. The Balaban J connectivity index is 1.71. The molecule has 4 aromatic carbocycles. The minimum Gasteiger partial charge on any atom is -0.293 e. The molecule has 4 aromatic rings. The number of allylic oxidation sites excluding steroid dienone is 2. The maximum atomic E-state index is 13.8. The van der Waals surface area contributed by atoms with Crippen LogP contribution in [0.25, 0.3) is 0 Å². The highest BCUT2D eigenvalue weighted by Crippen LogP contribution is 2.31. The number of fused-ring (bicyclic) bond motifs is 1. The molecule has 0 unspecified atom stereocenters. The second kappa shape index (κ2) is 10.6. The third kappa shape index (κ3) is 5.17. The lowest BCUT2D eigenvalue weighted by molar-refractivity contribution is 0.0810. The van der Waals surface area contributed by atoms with Gasteiger partial charge in [-0.25, -0.2) is 0 Å². The molecule has 1 aliphatic rings. The summed E-state index contributed by atoms with van der Waals surface area (Å²) in [7, 11) is -4.17. The Labute approximate surface area is 226 Å². The van der Waals surface area contributed by atoms with Gasteiger partial charge in [0.1, 0.15) is 5.92 Å². The number of Topliss-reactive ketones (excluding diaryl/α,β-unsaturated/α-hetero) is 3. The van der Waals surface area contributed by atoms with Crippen LogP contribution in [0, 0.1) is 12.8 Å². The van der Waals surface area contributed by atoms with Crippen molar-refractivity contribution in [2.45, 2.75) is 11.8 Å². The second-order valence-corrected chi connectivity index (χ2v) is 10.7. The van der Waals surface area contributed by atoms with Gasteiger partial charge >= 0.3 is 0 Å². The van der Waals surface area contributed by atoms with E-state index in [4.69, 9.17) is 0 Å². The molecule has 1 aliphatic carbocycles. The molecule has 0 fully saturated rings. The van der Waals surface area contributed by atoms with Crippen molar-refractivity contribution >= 4 is 33.1 Å². The standard InChI is InChI=1S/C32H23NO5S/c1-21-16-18-24(19-17-21)39(37,38)33-28-20-27(32(36)26-15-9-8-14-25(26)28)29(30(34)22-10-4-2-5-11-22)31(35)23-12-6-3-7-13-23/h2-20,29H,1H3/b33-28+. The quantitative estimate of drug-likeness (QED) is 0.225. The van der Waals surface area contributed by atoms with E-state index in [2.05, 4.69) is 4.40 Å². The summed E-state index contributed by atoms with van der Waals surface area (Å²) in [6, 6.07) is 29.2. The van der Waals surface area contributed by atoms with Gasteiger partial charge in [0, 0.05) is 27.8 Å². The Bertz CT molecular complexity index is 1700. The van der Waals surface area contributed by atoms with Gasteiger partial charge in [-0.2, -0.15) is 12.8 Å². The number of carbonyl (C=O) groups excluding carboxylic acids is 3. The van der Waals surface area contributed by atoms with Crippen LogP contribution in [0.5, 0.6) is 0 Å². The molecule has 0 amide bonds. The normalized spacial score (nSPS) is 14.2. The van der Waals surface area contributed by atoms with Crippen LogP contribution < -0.4 is 0 Å². The van der Waals surface area contributed by atoms with Gasteiger partial charge in [-0.3, -0.25) is 14.4 Å². The van der Waals surface area contributed by atoms with Crippen molar-refractivity contribution in [3.63, 3.8) is 0 Å². The molecule has 0 saturated heterocycles. The minimum absolute atomic E-state index is 0.0118. The lowest BCUT2D eigenvalue weighted by Gasteiger charge is -2.23. The molecule has 0 atom stereocenters. The third-order valence-electron chi connectivity index (χ3n) is 6.49. The van der Waals surface area contributed by atoms with Crippen LogP contribution in [-0.2, 0) is 10.0 Å². The van der Waals surface area contributed by atoms with E-state index < -0.39 is 33.3 Å². The van der Waals surface area contributed by atoms with Crippen LogP contribution in [0.2, 0.25) is 0 Å². The number of sulfonamides is 1. The van der Waals surface area contributed by atoms with Crippen molar-refractivity contribution in [1.82, 2.24) is 0 Å². The zero-order valence-corrected chi connectivity index (χ0v) is 21.8. The summed E-state index contributed by atoms with van der Waals surface area (Å²) in [5, 5.41) is 0. The SMILES string of the molecule is Cc1ccc(S(=O)(=O)/N=C2\C=C(C(C(=O)c3ccccc3)C(=O)c3ccccc3)C(=O)c3ccccc32)cc1. The molecule has 5 rings (SSSR count). The smallest absolute Gasteiger partial charge is 0.282 e. The zero-order chi connectivity index (χ0) is 27.6. The number of carbonyl (C=O) groups is 3. The van der Waals surface area contributed by atoms with E-state index in [1.165, 1.54) is 24.3 Å². The third-order valence-corrected chi connectivity index (χ3v) is 7.80. The summed E-state index contributed by atoms with van der Waals surface area (Å²) in [6.45, 7) is 1.84. The highest BCUT2D eigenvalue weighted by atomic mass is 32.2. The monoisotopic (exact) mass is 533 g/mol. The maximum absolute atomic E-state index is 13.8. The molecule has 0 N–H and O–H groups in total. The van der Waals surface area contributed by atoms with E-state index in [-0.39, 0.29) is 32.9 Å². The van der Waals surface area contributed by atoms with Crippen molar-refractivity contribution in [3.8, 4) is 0 Å². The molecule has 0 aliphatic heterocycles. The summed E-state index contributed by atoms with van der Waals surface area (Å²) in [5.74, 6) is -3.16. The highest BCUT2D eigenvalue weighted by Gasteiger charge is 2.39. The fourth-order valence-corrected chi connectivity index (χ4v) is 5.47. The highest BCUT2D eigenvalue weighted by molar-refractivity contribution is 7.90. The fourth-order valence-electron chi connectivity index (χ4n) is 4.47. The van der Waals surface area contributed by atoms with Crippen molar-refractivity contribution in [2.75, 3.05) is 0 Å². The Morgan fingerprint density at radius 3 is 1.69 bits per heavy atom. The molecule has 0 radical (unpaired) electrons. The summed E-state index contributed by atoms with van der Waals surface area (Å²) >= 11 is 0. The minimum atomic E-state index is -4.17. The van der Waals surface area contributed by atoms with Gasteiger partial charge in [-0.15, -0.1) is 0 Å². The molecule has 0 heterocycles. The lowest BCUT2D eigenvalue weighted by atomic mass is 9.77. The van der Waals surface area contributed by atoms with Gasteiger partial charge in [0.2, 0.25) is 0 Å². The van der Waals surface area contributed by atoms with Gasteiger partial charge in [-0.1, -0.05) is 103 Å². The van der Waals surface area contributed by atoms with Gasteiger partial charge in [0.25, 0.3) is 10.0 Å². The molecule has 39 heavy (non-hydrogen) atoms. The van der Waals surface area contributed by atoms with Crippen molar-refractivity contribution in [3.05, 3.63) is 149 Å². The largest absolute Gasteiger partial charge is 0.293 e. The molecule has 0 bridgehead atoms. The van der Waals surface area contributed by atoms with Crippen molar-refractivity contribution < 1.29 is 22.8 Å². The molecule has 192 valence electrons. The van der Waals surface area contributed by atoms with Crippen molar-refractivity contribution in [1.29, 1.82) is 0 Å². The van der Waals surface area contributed by atoms with E-state index in [0.717, 1.165) is 5.56 Å². The van der Waals surface area contributed by atoms with E-state index in [9.17, 15) is 22.8 Å². The predicted molar refractivity (Wildman–Crippen MR) is 149 cm³/mol. The average molecular weight is 534 g/mol. The second-order valence-electron chi connectivity index (χ2n) is 9.13. The number of hydrogen-bond donors (Lipinski definition) is 0. The van der Waals surface area contributed by atoms with Crippen LogP contribution >= 0.6 is 0 Å². The van der Waals surface area contributed by atoms with E-state index >= 15 is 0 Å². The molecule has 6 nitrogen and oxygen atoms in total. The Kier molecular flexibility index (Phi) is 7.00. The first-order valence-electron chi connectivity index (χ1n) is 12.2. The van der Waals surface area contributed by atoms with Crippen molar-refractivity contribution in [2.24, 2.45) is 10.3 Å². The fraction of sp³-hybridized carbons (Fsp3) is 0.0625. The Morgan fingerprint density at radius 2 is 1.15 bits per heavy atom. The van der Waals surface area contributed by atoms with Gasteiger partial charge in [0.15, 0.2) is 17.3 Å². The summed E-state index contributed by atoms with van der Waals surface area (Å²) < 4.78 is 30.6. The van der Waals surface area contributed by atoms with Crippen LogP contribution in [0.3, 0.4) is 0 Å². The number of aryl methyl sites for hydroxylation is 1. The van der Waals surface area contributed by atoms with Gasteiger partial charge in [0.05, 0.1) is 10.6 Å². The molecule has 0 spiro atoms. The van der Waals surface area contributed by atoms with E-state index in [1.54, 1.807) is 91.0 Å². The maximum Gasteiger partial charge on any atom is 0.282 e. The summed E-state index contributed by atoms with van der Waals surface area (Å²) in [4.78, 5) is 41.3. The van der Waals surface area contributed by atoms with E-state index in [1.807, 2.05) is 6.92 Å². The molecular weight excluding hydrogens is 510 g/mol. The van der Waals surface area contributed by atoms with Gasteiger partial charge < -0.3 is 0 Å². The van der Waals surface area contributed by atoms with Crippen LogP contribution in [0.4, 0.5) is 0 Å². The van der Waals surface area contributed by atoms with Crippen LogP contribution in [0.15, 0.2) is 130 Å².